The Hall–Kier alpha value is -1.88. The first-order valence-electron chi connectivity index (χ1n) is 7.44. The van der Waals surface area contributed by atoms with Crippen LogP contribution in [0.4, 0.5) is 0 Å². The van der Waals surface area contributed by atoms with Gasteiger partial charge < -0.3 is 15.7 Å². The van der Waals surface area contributed by atoms with E-state index >= 15 is 0 Å². The molecule has 0 saturated heterocycles. The number of carbonyl (C=O) groups excluding carboxylic acids is 1. The van der Waals surface area contributed by atoms with Gasteiger partial charge in [0.15, 0.2) is 0 Å². The van der Waals surface area contributed by atoms with Crippen molar-refractivity contribution in [2.24, 2.45) is 5.73 Å². The number of hydrogen-bond acceptors (Lipinski definition) is 3. The second-order valence-electron chi connectivity index (χ2n) is 5.42. The lowest BCUT2D eigenvalue weighted by Crippen LogP contribution is -2.33. The van der Waals surface area contributed by atoms with Crippen molar-refractivity contribution in [3.63, 3.8) is 0 Å². The number of carboxylic acids is 1. The molecular weight excluding hydrogens is 268 g/mol. The molecule has 114 valence electrons. The van der Waals surface area contributed by atoms with E-state index in [2.05, 4.69) is 6.07 Å². The van der Waals surface area contributed by atoms with Crippen LogP contribution in [0, 0.1) is 0 Å². The Labute approximate surface area is 124 Å². The second kappa shape index (κ2) is 7.22. The van der Waals surface area contributed by atoms with Crippen molar-refractivity contribution < 1.29 is 14.7 Å². The van der Waals surface area contributed by atoms with Crippen molar-refractivity contribution in [3.8, 4) is 0 Å². The number of aryl methyl sites for hydroxylation is 2. The summed E-state index contributed by atoms with van der Waals surface area (Å²) in [5, 5.41) is 8.79. The smallest absolute Gasteiger partial charge is 0.305 e. The van der Waals surface area contributed by atoms with E-state index in [-0.39, 0.29) is 18.9 Å². The Kier molecular flexibility index (Phi) is 5.33. The summed E-state index contributed by atoms with van der Waals surface area (Å²) < 4.78 is 0. The molecule has 1 heterocycles. The van der Waals surface area contributed by atoms with Crippen molar-refractivity contribution >= 4 is 11.9 Å². The van der Waals surface area contributed by atoms with Crippen molar-refractivity contribution in [3.05, 3.63) is 34.9 Å². The van der Waals surface area contributed by atoms with Crippen LogP contribution in [0.2, 0.25) is 0 Å². The molecule has 1 aromatic carbocycles. The van der Waals surface area contributed by atoms with E-state index < -0.39 is 5.97 Å². The van der Waals surface area contributed by atoms with Crippen molar-refractivity contribution in [1.82, 2.24) is 4.90 Å². The quantitative estimate of drug-likeness (QED) is 0.830. The third-order valence-corrected chi connectivity index (χ3v) is 3.83. The van der Waals surface area contributed by atoms with E-state index in [0.29, 0.717) is 13.1 Å². The van der Waals surface area contributed by atoms with E-state index in [4.69, 9.17) is 10.8 Å². The van der Waals surface area contributed by atoms with Gasteiger partial charge in [-0.1, -0.05) is 12.1 Å². The molecule has 21 heavy (non-hydrogen) atoms. The van der Waals surface area contributed by atoms with Crippen molar-refractivity contribution in [2.75, 3.05) is 19.6 Å². The zero-order chi connectivity index (χ0) is 15.2. The number of nitrogens with zero attached hydrogens (tertiary/aromatic N) is 1. The maximum Gasteiger partial charge on any atom is 0.305 e. The lowest BCUT2D eigenvalue weighted by Gasteiger charge is -2.20. The first-order valence-corrected chi connectivity index (χ1v) is 7.44. The summed E-state index contributed by atoms with van der Waals surface area (Å²) in [6.07, 6.45) is 3.50. The minimum absolute atomic E-state index is 0.00601. The van der Waals surface area contributed by atoms with Gasteiger partial charge in [0.2, 0.25) is 0 Å². The third kappa shape index (κ3) is 4.04. The molecule has 0 bridgehead atoms. The average molecular weight is 290 g/mol. The summed E-state index contributed by atoms with van der Waals surface area (Å²) in [6, 6.07) is 6.04. The molecule has 5 heteroatoms. The van der Waals surface area contributed by atoms with Gasteiger partial charge in [-0.2, -0.15) is 0 Å². The van der Waals surface area contributed by atoms with Gasteiger partial charge in [-0.25, -0.2) is 0 Å². The molecule has 0 saturated carbocycles. The summed E-state index contributed by atoms with van der Waals surface area (Å²) >= 11 is 0. The molecule has 1 aliphatic rings. The summed E-state index contributed by atoms with van der Waals surface area (Å²) in [7, 11) is 0. The van der Waals surface area contributed by atoms with Crippen molar-refractivity contribution in [2.45, 2.75) is 32.1 Å². The van der Waals surface area contributed by atoms with Gasteiger partial charge in [0.1, 0.15) is 0 Å². The van der Waals surface area contributed by atoms with Crippen LogP contribution >= 0.6 is 0 Å². The Morgan fingerprint density at radius 1 is 1.38 bits per heavy atom. The van der Waals surface area contributed by atoms with Gasteiger partial charge in [0.05, 0.1) is 6.42 Å². The van der Waals surface area contributed by atoms with Crippen LogP contribution in [0.5, 0.6) is 0 Å². The molecule has 3 N–H and O–H groups in total. The number of benzene rings is 1. The van der Waals surface area contributed by atoms with Crippen LogP contribution in [0.15, 0.2) is 18.2 Å². The summed E-state index contributed by atoms with van der Waals surface area (Å²) in [5.74, 6) is -0.915. The topological polar surface area (TPSA) is 83.6 Å². The van der Waals surface area contributed by atoms with Crippen LogP contribution < -0.4 is 5.73 Å². The van der Waals surface area contributed by atoms with E-state index in [9.17, 15) is 9.59 Å². The molecule has 0 unspecified atom stereocenters. The third-order valence-electron chi connectivity index (χ3n) is 3.83. The van der Waals surface area contributed by atoms with Gasteiger partial charge in [0.25, 0.3) is 5.91 Å². The molecule has 0 atom stereocenters. The van der Waals surface area contributed by atoms with Crippen LogP contribution in [0.1, 0.15) is 40.7 Å². The lowest BCUT2D eigenvalue weighted by molar-refractivity contribution is -0.137. The predicted molar refractivity (Wildman–Crippen MR) is 80.3 cm³/mol. The largest absolute Gasteiger partial charge is 0.481 e. The number of aliphatic carboxylic acids is 1. The molecule has 5 nitrogen and oxygen atoms in total. The van der Waals surface area contributed by atoms with Crippen molar-refractivity contribution in [1.29, 1.82) is 0 Å². The first-order chi connectivity index (χ1) is 10.1. The molecule has 0 aliphatic carbocycles. The molecule has 0 spiro atoms. The number of carboxylic acid groups (broad SMARTS) is 1. The average Bonchev–Trinajstić information content (AvgIpc) is 2.62. The number of carbonyl (C=O) groups is 2. The molecule has 1 amide bonds. The highest BCUT2D eigenvalue weighted by molar-refractivity contribution is 5.96. The minimum atomic E-state index is -0.871. The van der Waals surface area contributed by atoms with E-state index in [1.807, 2.05) is 12.1 Å². The monoisotopic (exact) mass is 290 g/mol. The molecule has 1 aromatic rings. The molecule has 2 rings (SSSR count). The Morgan fingerprint density at radius 2 is 2.19 bits per heavy atom. The zero-order valence-corrected chi connectivity index (χ0v) is 12.2. The fraction of sp³-hybridized carbons (Fsp3) is 0.500. The highest BCUT2D eigenvalue weighted by Crippen LogP contribution is 2.21. The summed E-state index contributed by atoms with van der Waals surface area (Å²) in [5.41, 5.74) is 8.44. The highest BCUT2D eigenvalue weighted by Gasteiger charge is 2.22. The Bertz CT molecular complexity index is 528. The normalized spacial score (nSPS) is 14.7. The van der Waals surface area contributed by atoms with Crippen LogP contribution in [-0.4, -0.2) is 41.5 Å². The number of fused-ring (bicyclic) bond motifs is 1. The number of rotatable bonds is 6. The van der Waals surface area contributed by atoms with E-state index in [1.54, 1.807) is 4.90 Å². The van der Waals surface area contributed by atoms with Crippen LogP contribution in [0.25, 0.3) is 0 Å². The van der Waals surface area contributed by atoms with Gasteiger partial charge in [-0.3, -0.25) is 9.59 Å². The number of amides is 1. The second-order valence-corrected chi connectivity index (χ2v) is 5.42. The SMILES string of the molecule is NCCCc1ccc2c(c1)C(=O)N(CCC(=O)O)CCC2. The Morgan fingerprint density at radius 3 is 2.90 bits per heavy atom. The van der Waals surface area contributed by atoms with Crippen LogP contribution in [-0.2, 0) is 17.6 Å². The lowest BCUT2D eigenvalue weighted by atomic mass is 9.98. The van der Waals surface area contributed by atoms with Gasteiger partial charge in [-0.05, 0) is 49.4 Å². The molecule has 1 aliphatic heterocycles. The highest BCUT2D eigenvalue weighted by atomic mass is 16.4. The van der Waals surface area contributed by atoms with Gasteiger partial charge in [-0.15, -0.1) is 0 Å². The molecule has 0 fully saturated rings. The van der Waals surface area contributed by atoms with E-state index in [1.165, 1.54) is 0 Å². The van der Waals surface area contributed by atoms with E-state index in [0.717, 1.165) is 42.4 Å². The first kappa shape index (κ1) is 15.5. The number of hydrogen-bond donors (Lipinski definition) is 2. The predicted octanol–water partition coefficient (Wildman–Crippen LogP) is 1.44. The summed E-state index contributed by atoms with van der Waals surface area (Å²) in [4.78, 5) is 24.9. The molecule has 0 radical (unpaired) electrons. The minimum Gasteiger partial charge on any atom is -0.481 e. The Balaban J connectivity index is 2.18. The van der Waals surface area contributed by atoms with Gasteiger partial charge >= 0.3 is 5.97 Å². The fourth-order valence-electron chi connectivity index (χ4n) is 2.68. The van der Waals surface area contributed by atoms with Crippen LogP contribution in [0.3, 0.4) is 0 Å². The maximum absolute atomic E-state index is 12.6. The number of nitrogens with two attached hydrogens (primary N) is 1. The maximum atomic E-state index is 12.6. The summed E-state index contributed by atoms with van der Waals surface area (Å²) in [6.45, 7) is 1.54. The molecule has 0 aromatic heterocycles. The fourth-order valence-corrected chi connectivity index (χ4v) is 2.68. The standard InChI is InChI=1S/C16H22N2O3/c17-8-1-3-12-5-6-13-4-2-9-18(10-7-15(19)20)16(21)14(13)11-12/h5-6,11H,1-4,7-10,17H2,(H,19,20). The van der Waals surface area contributed by atoms with Gasteiger partial charge in [0, 0.05) is 18.7 Å². The molecular formula is C16H22N2O3. The zero-order valence-electron chi connectivity index (χ0n) is 12.2.